The van der Waals surface area contributed by atoms with E-state index in [1.54, 1.807) is 6.07 Å². The van der Waals surface area contributed by atoms with Crippen molar-refractivity contribution in [2.24, 2.45) is 5.92 Å². The summed E-state index contributed by atoms with van der Waals surface area (Å²) in [5.41, 5.74) is 3.64. The maximum Gasteiger partial charge on any atom is 0.326 e. The van der Waals surface area contributed by atoms with Gasteiger partial charge in [-0.1, -0.05) is 69.9 Å². The average Bonchev–Trinajstić information content (AvgIpc) is 3.02. The van der Waals surface area contributed by atoms with E-state index in [0.717, 1.165) is 42.2 Å². The number of aliphatic carboxylic acids is 1. The molecule has 0 bridgehead atoms. The zero-order valence-corrected chi connectivity index (χ0v) is 27.5. The summed E-state index contributed by atoms with van der Waals surface area (Å²) in [5.74, 6) is -1.60. The lowest BCUT2D eigenvalue weighted by Gasteiger charge is -2.36. The molecule has 11 heteroatoms. The van der Waals surface area contributed by atoms with Gasteiger partial charge in [0.05, 0.1) is 25.0 Å². The van der Waals surface area contributed by atoms with Gasteiger partial charge in [0.1, 0.15) is 15.9 Å². The molecule has 1 aliphatic heterocycles. The van der Waals surface area contributed by atoms with Gasteiger partial charge >= 0.3 is 5.97 Å². The summed E-state index contributed by atoms with van der Waals surface area (Å²) < 4.78 is 28.8. The molecular weight excluding hydrogens is 606 g/mol. The minimum atomic E-state index is -3.41. The first-order chi connectivity index (χ1) is 21.4. The van der Waals surface area contributed by atoms with Gasteiger partial charge in [-0.05, 0) is 67.1 Å². The van der Waals surface area contributed by atoms with Crippen LogP contribution in [-0.4, -0.2) is 98.6 Å². The SMILES string of the molecule is C.Cc1ccccc1-c1cc(CN(C)C(CC2CCCCC2)C(=O)N2CCOCC2)ccc1C(=O)N[C@@H](CCS(C)(=O)=O)C(=O)O. The van der Waals surface area contributed by atoms with Crippen molar-refractivity contribution in [1.82, 2.24) is 15.1 Å². The van der Waals surface area contributed by atoms with Crippen molar-refractivity contribution >= 4 is 27.6 Å². The molecule has 1 saturated carbocycles. The fourth-order valence-electron chi connectivity index (χ4n) is 6.41. The lowest BCUT2D eigenvalue weighted by atomic mass is 9.84. The summed E-state index contributed by atoms with van der Waals surface area (Å²) in [6.07, 6.45) is 7.55. The number of carbonyl (C=O) groups excluding carboxylic acids is 2. The van der Waals surface area contributed by atoms with E-state index in [9.17, 15) is 27.9 Å². The molecule has 0 radical (unpaired) electrons. The third kappa shape index (κ3) is 10.4. The molecule has 1 heterocycles. The van der Waals surface area contributed by atoms with E-state index in [4.69, 9.17) is 4.74 Å². The number of sulfone groups is 1. The second kappa shape index (κ2) is 17.0. The van der Waals surface area contributed by atoms with Crippen molar-refractivity contribution in [3.05, 3.63) is 59.2 Å². The monoisotopic (exact) mass is 657 g/mol. The van der Waals surface area contributed by atoms with Crippen LogP contribution in [0.2, 0.25) is 0 Å². The summed E-state index contributed by atoms with van der Waals surface area (Å²) in [6.45, 7) is 4.72. The lowest BCUT2D eigenvalue weighted by Crippen LogP contribution is -2.51. The third-order valence-electron chi connectivity index (χ3n) is 9.00. The zero-order chi connectivity index (χ0) is 32.6. The van der Waals surface area contributed by atoms with Crippen LogP contribution in [0.3, 0.4) is 0 Å². The highest BCUT2D eigenvalue weighted by molar-refractivity contribution is 7.90. The van der Waals surface area contributed by atoms with Gasteiger partial charge in [-0.15, -0.1) is 0 Å². The number of nitrogens with zero attached hydrogens (tertiary/aromatic N) is 2. The van der Waals surface area contributed by atoms with Crippen LogP contribution in [-0.2, 0) is 30.7 Å². The molecule has 2 aromatic carbocycles. The van der Waals surface area contributed by atoms with E-state index in [1.165, 1.54) is 19.3 Å². The molecule has 2 N–H and O–H groups in total. The quantitative estimate of drug-likeness (QED) is 0.321. The van der Waals surface area contributed by atoms with Crippen LogP contribution in [0.25, 0.3) is 11.1 Å². The molecule has 2 aromatic rings. The normalized spacial score (nSPS) is 17.2. The van der Waals surface area contributed by atoms with Gasteiger partial charge in [0, 0.05) is 31.5 Å². The fraction of sp³-hybridized carbons (Fsp3) is 0.571. The van der Waals surface area contributed by atoms with Gasteiger partial charge in [0.25, 0.3) is 5.91 Å². The number of amides is 2. The Kier molecular flexibility index (Phi) is 13.8. The maximum atomic E-state index is 13.8. The topological polar surface area (TPSA) is 133 Å². The minimum absolute atomic E-state index is 0. The largest absolute Gasteiger partial charge is 0.480 e. The highest BCUT2D eigenvalue weighted by Gasteiger charge is 2.32. The summed E-state index contributed by atoms with van der Waals surface area (Å²) >= 11 is 0. The molecular formula is C35H51N3O7S. The van der Waals surface area contributed by atoms with E-state index in [-0.39, 0.29) is 31.5 Å². The highest BCUT2D eigenvalue weighted by atomic mass is 32.2. The van der Waals surface area contributed by atoms with Crippen LogP contribution < -0.4 is 5.32 Å². The number of likely N-dealkylation sites (N-methyl/N-ethyl adjacent to an activating group) is 1. The number of morpholine rings is 1. The van der Waals surface area contributed by atoms with Crippen LogP contribution in [0.5, 0.6) is 0 Å². The predicted octanol–water partition coefficient (Wildman–Crippen LogP) is 4.55. The highest BCUT2D eigenvalue weighted by Crippen LogP contribution is 2.31. The third-order valence-corrected chi connectivity index (χ3v) is 9.98. The van der Waals surface area contributed by atoms with Crippen molar-refractivity contribution in [1.29, 1.82) is 0 Å². The summed E-state index contributed by atoms with van der Waals surface area (Å²) in [5, 5.41) is 12.2. The lowest BCUT2D eigenvalue weighted by molar-refractivity contribution is -0.141. The molecule has 0 spiro atoms. The number of carboxylic acid groups (broad SMARTS) is 1. The molecule has 10 nitrogen and oxygen atoms in total. The molecule has 254 valence electrons. The molecule has 4 rings (SSSR count). The molecule has 46 heavy (non-hydrogen) atoms. The Morgan fingerprint density at radius 3 is 2.35 bits per heavy atom. The molecule has 2 atom stereocenters. The first kappa shape index (κ1) is 37.2. The van der Waals surface area contributed by atoms with Gasteiger partial charge in [-0.3, -0.25) is 14.5 Å². The number of ether oxygens (including phenoxy) is 1. The minimum Gasteiger partial charge on any atom is -0.480 e. The number of carboxylic acids is 1. The van der Waals surface area contributed by atoms with E-state index < -0.39 is 27.8 Å². The molecule has 0 aromatic heterocycles. The summed E-state index contributed by atoms with van der Waals surface area (Å²) in [7, 11) is -1.42. The fourth-order valence-corrected chi connectivity index (χ4v) is 7.08. The van der Waals surface area contributed by atoms with Crippen molar-refractivity contribution in [2.75, 3.05) is 45.4 Å². The number of benzene rings is 2. The molecule has 1 unspecified atom stereocenters. The Morgan fingerprint density at radius 2 is 1.72 bits per heavy atom. The second-order valence-electron chi connectivity index (χ2n) is 12.6. The van der Waals surface area contributed by atoms with Gasteiger partial charge < -0.3 is 20.1 Å². The Balaban J connectivity index is 0.00000576. The number of rotatable bonds is 13. The number of nitrogens with one attached hydrogen (secondary N) is 1. The van der Waals surface area contributed by atoms with E-state index in [2.05, 4.69) is 10.2 Å². The predicted molar refractivity (Wildman–Crippen MR) is 180 cm³/mol. The Labute approximate surface area is 274 Å². The number of carbonyl (C=O) groups is 3. The van der Waals surface area contributed by atoms with Gasteiger partial charge in [0.2, 0.25) is 5.91 Å². The molecule has 2 aliphatic rings. The first-order valence-electron chi connectivity index (χ1n) is 15.9. The molecule has 1 aliphatic carbocycles. The molecule has 2 fully saturated rings. The number of aryl methyl sites for hydroxylation is 1. The summed E-state index contributed by atoms with van der Waals surface area (Å²) in [4.78, 5) is 43.3. The Morgan fingerprint density at radius 1 is 1.04 bits per heavy atom. The maximum absolute atomic E-state index is 13.8. The van der Waals surface area contributed by atoms with Crippen molar-refractivity contribution in [2.45, 2.75) is 77.9 Å². The second-order valence-corrected chi connectivity index (χ2v) is 14.8. The van der Waals surface area contributed by atoms with Crippen LogP contribution >= 0.6 is 0 Å². The van der Waals surface area contributed by atoms with Crippen molar-refractivity contribution in [3.63, 3.8) is 0 Å². The van der Waals surface area contributed by atoms with E-state index >= 15 is 0 Å². The van der Waals surface area contributed by atoms with Crippen molar-refractivity contribution in [3.8, 4) is 11.1 Å². The standard InChI is InChI=1S/C34H47N3O7S.CH4/c1-24-9-7-8-12-27(24)29-21-26(13-14-28(29)32(38)35-30(34(40)41)15-20-45(3,42)43)23-36(2)31(22-25-10-5-4-6-11-25)33(39)37-16-18-44-19-17-37;/h7-9,12-14,21,25,30-31H,4-6,10-11,15-20,22-23H2,1-3H3,(H,35,38)(H,40,41);1H4/t30-,31?;/m0./s1. The van der Waals surface area contributed by atoms with Crippen LogP contribution in [0.1, 0.15) is 73.9 Å². The van der Waals surface area contributed by atoms with E-state index in [1.807, 2.05) is 55.3 Å². The smallest absolute Gasteiger partial charge is 0.326 e. The Bertz CT molecular complexity index is 1450. The van der Waals surface area contributed by atoms with Crippen molar-refractivity contribution < 1.29 is 32.6 Å². The zero-order valence-electron chi connectivity index (χ0n) is 26.7. The summed E-state index contributed by atoms with van der Waals surface area (Å²) in [6, 6.07) is 11.5. The first-order valence-corrected chi connectivity index (χ1v) is 18.0. The van der Waals surface area contributed by atoms with Crippen LogP contribution in [0.15, 0.2) is 42.5 Å². The van der Waals surface area contributed by atoms with Gasteiger partial charge in [-0.2, -0.15) is 0 Å². The average molecular weight is 658 g/mol. The molecule has 1 saturated heterocycles. The van der Waals surface area contributed by atoms with Crippen LogP contribution in [0, 0.1) is 12.8 Å². The number of hydrogen-bond donors (Lipinski definition) is 2. The van der Waals surface area contributed by atoms with Gasteiger partial charge in [0.15, 0.2) is 0 Å². The van der Waals surface area contributed by atoms with E-state index in [0.29, 0.717) is 49.9 Å². The van der Waals surface area contributed by atoms with Gasteiger partial charge in [-0.25, -0.2) is 13.2 Å². The van der Waals surface area contributed by atoms with Crippen LogP contribution in [0.4, 0.5) is 0 Å². The Hall–Kier alpha value is -3.28. The number of hydrogen-bond acceptors (Lipinski definition) is 7. The molecule has 2 amide bonds.